The highest BCUT2D eigenvalue weighted by atomic mass is 35.5. The Morgan fingerprint density at radius 3 is 2.28 bits per heavy atom. The summed E-state index contributed by atoms with van der Waals surface area (Å²) in [6, 6.07) is 26.8. The van der Waals surface area contributed by atoms with E-state index in [9.17, 15) is 4.79 Å². The van der Waals surface area contributed by atoms with Gasteiger partial charge in [-0.15, -0.1) is 0 Å². The van der Waals surface area contributed by atoms with Crippen LogP contribution in [0.4, 0.5) is 4.79 Å². The summed E-state index contributed by atoms with van der Waals surface area (Å²) >= 11 is 6.29. The zero-order chi connectivity index (χ0) is 25.7. The summed E-state index contributed by atoms with van der Waals surface area (Å²) in [7, 11) is 0. The van der Waals surface area contributed by atoms with Gasteiger partial charge in [0, 0.05) is 17.1 Å². The van der Waals surface area contributed by atoms with Crippen LogP contribution in [-0.4, -0.2) is 26.3 Å². The second kappa shape index (κ2) is 10.9. The minimum atomic E-state index is -0.380. The summed E-state index contributed by atoms with van der Waals surface area (Å²) in [5.74, 6) is 1.22. The molecule has 0 radical (unpaired) electrons. The van der Waals surface area contributed by atoms with Gasteiger partial charge in [0.15, 0.2) is 0 Å². The van der Waals surface area contributed by atoms with Gasteiger partial charge in [-0.2, -0.15) is 5.10 Å². The maximum Gasteiger partial charge on any atom is 0.318 e. The Morgan fingerprint density at radius 2 is 1.64 bits per heavy atom. The van der Waals surface area contributed by atoms with E-state index in [1.165, 1.54) is 0 Å². The second-order valence-electron chi connectivity index (χ2n) is 9.70. The molecular formula is C29H31ClN4O2. The van der Waals surface area contributed by atoms with Gasteiger partial charge in [-0.05, 0) is 63.6 Å². The van der Waals surface area contributed by atoms with E-state index in [2.05, 4.69) is 5.32 Å². The third-order valence-corrected chi connectivity index (χ3v) is 5.72. The fraction of sp³-hybridized carbons (Fsp3) is 0.241. The maximum absolute atomic E-state index is 13.4. The summed E-state index contributed by atoms with van der Waals surface area (Å²) in [6.07, 6.45) is 0. The third-order valence-electron chi connectivity index (χ3n) is 5.48. The van der Waals surface area contributed by atoms with Crippen molar-refractivity contribution in [1.29, 1.82) is 0 Å². The second-order valence-corrected chi connectivity index (χ2v) is 10.1. The Balaban J connectivity index is 1.77. The van der Waals surface area contributed by atoms with Gasteiger partial charge in [0.05, 0.1) is 23.5 Å². The minimum absolute atomic E-state index is 0.160. The number of hydrogen-bond donors (Lipinski definition) is 1. The van der Waals surface area contributed by atoms with Gasteiger partial charge in [-0.25, -0.2) is 9.48 Å². The van der Waals surface area contributed by atoms with Gasteiger partial charge < -0.3 is 15.0 Å². The molecule has 0 saturated heterocycles. The molecule has 0 aliphatic rings. The van der Waals surface area contributed by atoms with E-state index in [1.54, 1.807) is 9.58 Å². The zero-order valence-electron chi connectivity index (χ0n) is 21.0. The van der Waals surface area contributed by atoms with Crippen molar-refractivity contribution in [3.8, 4) is 17.3 Å². The first-order chi connectivity index (χ1) is 17.2. The summed E-state index contributed by atoms with van der Waals surface area (Å²) in [6.45, 7) is 8.59. The molecule has 4 rings (SSSR count). The molecule has 1 aromatic heterocycles. The summed E-state index contributed by atoms with van der Waals surface area (Å²) in [4.78, 5) is 15.2. The van der Waals surface area contributed by atoms with E-state index in [-0.39, 0.29) is 11.6 Å². The zero-order valence-corrected chi connectivity index (χ0v) is 21.8. The van der Waals surface area contributed by atoms with Crippen LogP contribution >= 0.6 is 11.6 Å². The van der Waals surface area contributed by atoms with E-state index in [1.807, 2.05) is 113 Å². The highest BCUT2D eigenvalue weighted by Crippen LogP contribution is 2.32. The molecule has 186 valence electrons. The Morgan fingerprint density at radius 1 is 0.972 bits per heavy atom. The summed E-state index contributed by atoms with van der Waals surface area (Å²) in [5.41, 5.74) is 3.01. The molecule has 0 aliphatic heterocycles. The topological polar surface area (TPSA) is 59.4 Å². The number of aryl methyl sites for hydroxylation is 1. The van der Waals surface area contributed by atoms with Crippen molar-refractivity contribution >= 4 is 17.6 Å². The lowest BCUT2D eigenvalue weighted by atomic mass is 10.1. The number of carbonyl (C=O) groups is 1. The predicted octanol–water partition coefficient (Wildman–Crippen LogP) is 7.14. The molecule has 0 fully saturated rings. The Hall–Kier alpha value is -3.77. The van der Waals surface area contributed by atoms with Crippen molar-refractivity contribution in [3.63, 3.8) is 0 Å². The molecule has 0 aliphatic carbocycles. The van der Waals surface area contributed by atoms with Crippen molar-refractivity contribution in [2.45, 2.75) is 46.3 Å². The highest BCUT2D eigenvalue weighted by molar-refractivity contribution is 6.30. The Labute approximate surface area is 217 Å². The number of carbonyl (C=O) groups excluding carboxylic acids is 1. The Kier molecular flexibility index (Phi) is 7.65. The van der Waals surface area contributed by atoms with E-state index in [0.717, 1.165) is 22.5 Å². The van der Waals surface area contributed by atoms with Crippen LogP contribution in [0.1, 0.15) is 37.6 Å². The van der Waals surface area contributed by atoms with Crippen LogP contribution in [0.3, 0.4) is 0 Å². The van der Waals surface area contributed by atoms with Crippen LogP contribution in [-0.2, 0) is 13.1 Å². The summed E-state index contributed by atoms with van der Waals surface area (Å²) in [5, 5.41) is 8.48. The van der Waals surface area contributed by atoms with E-state index >= 15 is 0 Å². The molecule has 0 saturated carbocycles. The maximum atomic E-state index is 13.4. The molecule has 1 heterocycles. The van der Waals surface area contributed by atoms with Crippen LogP contribution in [0.2, 0.25) is 5.02 Å². The van der Waals surface area contributed by atoms with E-state index in [4.69, 9.17) is 21.4 Å². The van der Waals surface area contributed by atoms with Crippen molar-refractivity contribution in [2.75, 3.05) is 0 Å². The highest BCUT2D eigenvalue weighted by Gasteiger charge is 2.26. The van der Waals surface area contributed by atoms with Crippen molar-refractivity contribution in [3.05, 3.63) is 107 Å². The number of aromatic nitrogens is 2. The van der Waals surface area contributed by atoms with Gasteiger partial charge in [0.1, 0.15) is 5.75 Å². The molecule has 0 atom stereocenters. The molecule has 1 N–H and O–H groups in total. The van der Waals surface area contributed by atoms with Gasteiger partial charge in [0.25, 0.3) is 0 Å². The normalized spacial score (nSPS) is 11.2. The largest absolute Gasteiger partial charge is 0.439 e. The monoisotopic (exact) mass is 502 g/mol. The molecule has 0 unspecified atom stereocenters. The number of halogens is 1. The predicted molar refractivity (Wildman–Crippen MR) is 144 cm³/mol. The van der Waals surface area contributed by atoms with Crippen LogP contribution in [0.15, 0.2) is 84.9 Å². The first-order valence-corrected chi connectivity index (χ1v) is 12.3. The number of para-hydroxylation sites is 1. The Bertz CT molecular complexity index is 1310. The van der Waals surface area contributed by atoms with Crippen molar-refractivity contribution in [1.82, 2.24) is 20.0 Å². The van der Waals surface area contributed by atoms with Gasteiger partial charge in [0.2, 0.25) is 5.88 Å². The number of benzene rings is 3. The molecular weight excluding hydrogens is 472 g/mol. The van der Waals surface area contributed by atoms with Crippen LogP contribution < -0.4 is 10.1 Å². The number of amides is 2. The number of ether oxygens (including phenoxy) is 1. The average Bonchev–Trinajstić information content (AvgIpc) is 3.14. The summed E-state index contributed by atoms with van der Waals surface area (Å²) < 4.78 is 8.13. The quantitative estimate of drug-likeness (QED) is 0.292. The molecule has 3 aromatic carbocycles. The van der Waals surface area contributed by atoms with Crippen molar-refractivity contribution < 1.29 is 9.53 Å². The van der Waals surface area contributed by atoms with Crippen molar-refractivity contribution in [2.24, 2.45) is 0 Å². The lowest BCUT2D eigenvalue weighted by molar-refractivity contribution is 0.182. The van der Waals surface area contributed by atoms with E-state index in [0.29, 0.717) is 29.7 Å². The van der Waals surface area contributed by atoms with Crippen LogP contribution in [0.5, 0.6) is 11.6 Å². The van der Waals surface area contributed by atoms with Crippen LogP contribution in [0.25, 0.3) is 5.69 Å². The molecule has 7 heteroatoms. The van der Waals surface area contributed by atoms with Gasteiger partial charge >= 0.3 is 6.03 Å². The number of rotatable bonds is 7. The fourth-order valence-electron chi connectivity index (χ4n) is 3.80. The number of urea groups is 1. The molecule has 2 amide bonds. The van der Waals surface area contributed by atoms with Gasteiger partial charge in [-0.3, -0.25) is 0 Å². The molecule has 6 nitrogen and oxygen atoms in total. The lowest BCUT2D eigenvalue weighted by Gasteiger charge is -2.29. The molecule has 36 heavy (non-hydrogen) atoms. The third kappa shape index (κ3) is 6.46. The standard InChI is InChI=1S/C29H31ClN4O2/c1-21-26(20-33(28(35)31-29(2,3)4)19-22-12-7-5-8-13-22)27(36-25-16-9-6-10-17-25)34(32-21)24-15-11-14-23(30)18-24/h5-18H,19-20H2,1-4H3,(H,31,35). The lowest BCUT2D eigenvalue weighted by Crippen LogP contribution is -2.48. The number of nitrogens with one attached hydrogen (secondary N) is 1. The van der Waals surface area contributed by atoms with Gasteiger partial charge in [-0.1, -0.05) is 66.2 Å². The average molecular weight is 503 g/mol. The minimum Gasteiger partial charge on any atom is -0.439 e. The molecule has 4 aromatic rings. The SMILES string of the molecule is Cc1nn(-c2cccc(Cl)c2)c(Oc2ccccc2)c1CN(Cc1ccccc1)C(=O)NC(C)(C)C. The molecule has 0 bridgehead atoms. The van der Waals surface area contributed by atoms with Crippen LogP contribution in [0, 0.1) is 6.92 Å². The number of hydrogen-bond acceptors (Lipinski definition) is 3. The molecule has 0 spiro atoms. The van der Waals surface area contributed by atoms with E-state index < -0.39 is 0 Å². The first kappa shape index (κ1) is 25.3. The number of nitrogens with zero attached hydrogens (tertiary/aromatic N) is 3. The first-order valence-electron chi connectivity index (χ1n) is 11.9. The fourth-order valence-corrected chi connectivity index (χ4v) is 3.99. The smallest absolute Gasteiger partial charge is 0.318 e.